The fraction of sp³-hybridized carbons (Fsp3) is 0.931. The molecule has 1 saturated heterocycles. The first kappa shape index (κ1) is 77.7. The van der Waals surface area contributed by atoms with Crippen molar-refractivity contribution >= 4 is 5.91 Å². The van der Waals surface area contributed by atoms with Crippen LogP contribution in [0.3, 0.4) is 0 Å². The first-order valence-corrected chi connectivity index (χ1v) is 36.0. The number of carbonyl (C=O) groups excluding carboxylic acids is 1. The Hall–Kier alpha value is -1.33. The quantitative estimate of drug-likeness (QED) is 0.0261. The van der Waals surface area contributed by atoms with E-state index in [1.54, 1.807) is 0 Å². The molecule has 0 spiro atoms. The van der Waals surface area contributed by atoms with E-state index >= 15 is 0 Å². The molecular formula is C72H139NO8. The zero-order chi connectivity index (χ0) is 58.6. The molecule has 0 aliphatic carbocycles. The molecule has 1 amide bonds. The summed E-state index contributed by atoms with van der Waals surface area (Å²) in [7, 11) is 0. The molecule has 0 aromatic carbocycles. The van der Waals surface area contributed by atoms with E-state index in [2.05, 4.69) is 43.5 Å². The Kier molecular flexibility index (Phi) is 59.2. The van der Waals surface area contributed by atoms with Crippen molar-refractivity contribution < 1.29 is 39.8 Å². The van der Waals surface area contributed by atoms with E-state index in [-0.39, 0.29) is 12.5 Å². The lowest BCUT2D eigenvalue weighted by atomic mass is 9.99. The molecule has 1 fully saturated rings. The minimum absolute atomic E-state index is 0.134. The molecule has 0 aromatic heterocycles. The van der Waals surface area contributed by atoms with Crippen molar-refractivity contribution in [3.05, 3.63) is 24.3 Å². The third kappa shape index (κ3) is 50.5. The van der Waals surface area contributed by atoms with Gasteiger partial charge in [-0.05, 0) is 44.9 Å². The third-order valence-electron chi connectivity index (χ3n) is 17.6. The minimum atomic E-state index is -1.55. The summed E-state index contributed by atoms with van der Waals surface area (Å²) in [6.45, 7) is 3.88. The molecule has 1 heterocycles. The molecule has 7 unspecified atom stereocenters. The number of carbonyl (C=O) groups is 1. The number of aliphatic hydroxyl groups is 5. The van der Waals surface area contributed by atoms with Crippen molar-refractivity contribution in [3.63, 3.8) is 0 Å². The fourth-order valence-electron chi connectivity index (χ4n) is 11.9. The molecule has 1 aliphatic rings. The highest BCUT2D eigenvalue weighted by atomic mass is 16.7. The van der Waals surface area contributed by atoms with Crippen molar-refractivity contribution in [3.8, 4) is 0 Å². The number of rotatable bonds is 64. The standard InChI is InChI=1S/C72H139NO8/c1-3-5-7-9-11-13-15-17-19-21-23-25-27-29-30-31-32-33-34-35-36-38-39-41-43-45-47-49-51-53-55-57-59-61-66(75)65(64-80-72-71(79)70(78)69(77)67(63-74)81-72)73-68(76)62-60-58-56-54-52-50-48-46-44-42-40-37-28-26-24-22-20-18-16-14-12-10-8-6-4-2/h16,18,22,24,65-67,69-72,74-75,77-79H,3-15,17,19-21,23,25-64H2,1-2H3,(H,73,76)/b18-16-,24-22-. The van der Waals surface area contributed by atoms with Gasteiger partial charge in [-0.1, -0.05) is 346 Å². The Balaban J connectivity index is 2.09. The topological polar surface area (TPSA) is 149 Å². The van der Waals surface area contributed by atoms with Gasteiger partial charge in [0.1, 0.15) is 24.4 Å². The first-order valence-electron chi connectivity index (χ1n) is 36.0. The summed E-state index contributed by atoms with van der Waals surface area (Å²) >= 11 is 0. The summed E-state index contributed by atoms with van der Waals surface area (Å²) in [6.07, 6.45) is 74.0. The molecule has 480 valence electrons. The van der Waals surface area contributed by atoms with Gasteiger partial charge < -0.3 is 40.3 Å². The summed E-state index contributed by atoms with van der Waals surface area (Å²) in [5.74, 6) is -0.138. The van der Waals surface area contributed by atoms with Crippen LogP contribution in [0.2, 0.25) is 0 Å². The molecule has 9 heteroatoms. The van der Waals surface area contributed by atoms with Crippen molar-refractivity contribution in [2.45, 2.75) is 416 Å². The number of nitrogens with one attached hydrogen (secondary N) is 1. The van der Waals surface area contributed by atoms with Gasteiger partial charge in [0.05, 0.1) is 25.4 Å². The van der Waals surface area contributed by atoms with Crippen LogP contribution in [-0.4, -0.2) is 87.5 Å². The molecule has 9 nitrogen and oxygen atoms in total. The fourth-order valence-corrected chi connectivity index (χ4v) is 11.9. The van der Waals surface area contributed by atoms with Gasteiger partial charge in [0, 0.05) is 6.42 Å². The van der Waals surface area contributed by atoms with Crippen LogP contribution in [0.1, 0.15) is 373 Å². The maximum atomic E-state index is 13.1. The molecule has 7 atom stereocenters. The van der Waals surface area contributed by atoms with Crippen LogP contribution < -0.4 is 5.32 Å². The molecular weight excluding hydrogens is 1010 g/mol. The Morgan fingerprint density at radius 3 is 1.06 bits per heavy atom. The lowest BCUT2D eigenvalue weighted by Gasteiger charge is -2.40. The number of hydrogen-bond acceptors (Lipinski definition) is 8. The number of allylic oxidation sites excluding steroid dienone is 4. The van der Waals surface area contributed by atoms with Gasteiger partial charge in [-0.25, -0.2) is 0 Å². The average Bonchev–Trinajstić information content (AvgIpc) is 3.49. The third-order valence-corrected chi connectivity index (χ3v) is 17.6. The summed E-state index contributed by atoms with van der Waals surface area (Å²) in [6, 6.07) is -0.720. The molecule has 0 bridgehead atoms. The smallest absolute Gasteiger partial charge is 0.220 e. The van der Waals surface area contributed by atoms with E-state index < -0.39 is 49.5 Å². The molecule has 81 heavy (non-hydrogen) atoms. The van der Waals surface area contributed by atoms with Crippen molar-refractivity contribution in [2.24, 2.45) is 0 Å². The maximum Gasteiger partial charge on any atom is 0.220 e. The van der Waals surface area contributed by atoms with Crippen LogP contribution in [0.4, 0.5) is 0 Å². The predicted molar refractivity (Wildman–Crippen MR) is 346 cm³/mol. The molecule has 1 rings (SSSR count). The Morgan fingerprint density at radius 1 is 0.420 bits per heavy atom. The van der Waals surface area contributed by atoms with E-state index in [9.17, 15) is 30.3 Å². The van der Waals surface area contributed by atoms with E-state index in [4.69, 9.17) is 9.47 Å². The van der Waals surface area contributed by atoms with Crippen LogP contribution >= 0.6 is 0 Å². The molecule has 0 saturated carbocycles. The van der Waals surface area contributed by atoms with E-state index in [1.807, 2.05) is 0 Å². The normalized spacial score (nSPS) is 18.4. The number of ether oxygens (including phenoxy) is 2. The molecule has 6 N–H and O–H groups in total. The van der Waals surface area contributed by atoms with Gasteiger partial charge in [-0.2, -0.15) is 0 Å². The van der Waals surface area contributed by atoms with Gasteiger partial charge in [0.15, 0.2) is 6.29 Å². The number of hydrogen-bond donors (Lipinski definition) is 6. The highest BCUT2D eigenvalue weighted by molar-refractivity contribution is 5.76. The molecule has 0 radical (unpaired) electrons. The maximum absolute atomic E-state index is 13.1. The monoisotopic (exact) mass is 1150 g/mol. The van der Waals surface area contributed by atoms with Crippen LogP contribution in [0, 0.1) is 0 Å². The number of amides is 1. The zero-order valence-electron chi connectivity index (χ0n) is 53.8. The Bertz CT molecular complexity index is 1330. The zero-order valence-corrected chi connectivity index (χ0v) is 53.8. The van der Waals surface area contributed by atoms with Gasteiger partial charge >= 0.3 is 0 Å². The number of aliphatic hydroxyl groups excluding tert-OH is 5. The van der Waals surface area contributed by atoms with E-state index in [0.29, 0.717) is 12.8 Å². The lowest BCUT2D eigenvalue weighted by Crippen LogP contribution is -2.60. The van der Waals surface area contributed by atoms with Crippen LogP contribution in [-0.2, 0) is 14.3 Å². The highest BCUT2D eigenvalue weighted by Crippen LogP contribution is 2.24. The lowest BCUT2D eigenvalue weighted by molar-refractivity contribution is -0.302. The summed E-state index contributed by atoms with van der Waals surface area (Å²) in [5.41, 5.74) is 0. The average molecular weight is 1150 g/mol. The molecule has 0 aromatic rings. The largest absolute Gasteiger partial charge is 0.394 e. The minimum Gasteiger partial charge on any atom is -0.394 e. The van der Waals surface area contributed by atoms with Crippen molar-refractivity contribution in [2.75, 3.05) is 13.2 Å². The second kappa shape index (κ2) is 61.7. The molecule has 1 aliphatic heterocycles. The summed E-state index contributed by atoms with van der Waals surface area (Å²) in [5, 5.41) is 55.0. The van der Waals surface area contributed by atoms with Crippen molar-refractivity contribution in [1.29, 1.82) is 0 Å². The summed E-state index contributed by atoms with van der Waals surface area (Å²) < 4.78 is 11.4. The second-order valence-electron chi connectivity index (χ2n) is 25.4. The van der Waals surface area contributed by atoms with E-state index in [1.165, 1.54) is 302 Å². The number of unbranched alkanes of at least 4 members (excludes halogenated alkanes) is 50. The van der Waals surface area contributed by atoms with Gasteiger partial charge in [-0.15, -0.1) is 0 Å². The first-order chi connectivity index (χ1) is 39.8. The van der Waals surface area contributed by atoms with E-state index in [0.717, 1.165) is 44.9 Å². The predicted octanol–water partition coefficient (Wildman–Crippen LogP) is 19.6. The van der Waals surface area contributed by atoms with Crippen molar-refractivity contribution in [1.82, 2.24) is 5.32 Å². The van der Waals surface area contributed by atoms with Crippen LogP contribution in [0.25, 0.3) is 0 Å². The highest BCUT2D eigenvalue weighted by Gasteiger charge is 2.44. The van der Waals surface area contributed by atoms with Gasteiger partial charge in [-0.3, -0.25) is 4.79 Å². The van der Waals surface area contributed by atoms with Gasteiger partial charge in [0.2, 0.25) is 5.91 Å². The second-order valence-corrected chi connectivity index (χ2v) is 25.4. The van der Waals surface area contributed by atoms with Gasteiger partial charge in [0.25, 0.3) is 0 Å². The SMILES string of the molecule is CCCCCCC/C=C\C/C=C\CCCCCCCCCCCCCCCC(=O)NC(COC1OC(CO)C(O)C(O)C1O)C(O)CCCCCCCCCCCCCCCCCCCCCCCCCCCCCCCCCCC. The van der Waals surface area contributed by atoms with Crippen LogP contribution in [0.5, 0.6) is 0 Å². The van der Waals surface area contributed by atoms with Crippen LogP contribution in [0.15, 0.2) is 24.3 Å². The Labute approximate surface area is 502 Å². The summed E-state index contributed by atoms with van der Waals surface area (Å²) in [4.78, 5) is 13.1. The Morgan fingerprint density at radius 2 is 0.728 bits per heavy atom.